The van der Waals surface area contributed by atoms with Crippen molar-refractivity contribution in [2.75, 3.05) is 7.11 Å². The molecule has 136 valence electrons. The first-order valence-electron chi connectivity index (χ1n) is 8.28. The molecule has 0 aliphatic carbocycles. The molecule has 5 nitrogen and oxygen atoms in total. The van der Waals surface area contributed by atoms with E-state index in [0.717, 1.165) is 5.56 Å². The van der Waals surface area contributed by atoms with Crippen LogP contribution in [0.25, 0.3) is 17.4 Å². The molecule has 0 atom stereocenters. The van der Waals surface area contributed by atoms with Crippen molar-refractivity contribution in [3.63, 3.8) is 0 Å². The molecule has 0 saturated carbocycles. The molecule has 1 heterocycles. The van der Waals surface area contributed by atoms with E-state index in [4.69, 9.17) is 4.42 Å². The molecule has 0 radical (unpaired) electrons. The molecular weight excluding hydrogens is 344 g/mol. The Hall–Kier alpha value is -3.60. The highest BCUT2D eigenvalue weighted by atomic mass is 16.5. The zero-order chi connectivity index (χ0) is 19.4. The van der Waals surface area contributed by atoms with E-state index in [2.05, 4.69) is 4.74 Å². The Morgan fingerprint density at radius 2 is 1.78 bits per heavy atom. The number of allylic oxidation sites excluding steroid dienone is 1. The van der Waals surface area contributed by atoms with Crippen molar-refractivity contribution in [2.45, 2.75) is 6.92 Å². The lowest BCUT2D eigenvalue weighted by molar-refractivity contribution is 0.0597. The third-order valence-electron chi connectivity index (χ3n) is 4.05. The van der Waals surface area contributed by atoms with Crippen LogP contribution < -0.4 is 0 Å². The Morgan fingerprint density at radius 1 is 1.04 bits per heavy atom. The van der Waals surface area contributed by atoms with Crippen LogP contribution in [0.4, 0.5) is 0 Å². The number of ether oxygens (including phenoxy) is 1. The van der Waals surface area contributed by atoms with Gasteiger partial charge in [0.2, 0.25) is 0 Å². The molecule has 27 heavy (non-hydrogen) atoms. The van der Waals surface area contributed by atoms with Crippen LogP contribution >= 0.6 is 0 Å². The third kappa shape index (κ3) is 4.15. The van der Waals surface area contributed by atoms with E-state index in [9.17, 15) is 14.7 Å². The van der Waals surface area contributed by atoms with Crippen molar-refractivity contribution < 1.29 is 23.8 Å². The Balaban J connectivity index is 1.80. The average Bonchev–Trinajstić information content (AvgIpc) is 3.15. The number of aromatic hydroxyl groups is 1. The number of ketones is 1. The van der Waals surface area contributed by atoms with Crippen molar-refractivity contribution in [3.8, 4) is 17.1 Å². The number of phenols is 1. The maximum Gasteiger partial charge on any atom is 0.341 e. The van der Waals surface area contributed by atoms with E-state index < -0.39 is 5.97 Å². The molecule has 5 heteroatoms. The first-order chi connectivity index (χ1) is 13.0. The molecule has 0 amide bonds. The van der Waals surface area contributed by atoms with Crippen LogP contribution in [0.15, 0.2) is 65.1 Å². The smallest absolute Gasteiger partial charge is 0.341 e. The number of methoxy groups -OCH3 is 1. The molecule has 1 N–H and O–H groups in total. The van der Waals surface area contributed by atoms with E-state index >= 15 is 0 Å². The number of esters is 1. The van der Waals surface area contributed by atoms with Gasteiger partial charge in [-0.1, -0.05) is 29.8 Å². The van der Waals surface area contributed by atoms with Gasteiger partial charge in [0.05, 0.1) is 7.11 Å². The summed E-state index contributed by atoms with van der Waals surface area (Å²) >= 11 is 0. The van der Waals surface area contributed by atoms with Crippen molar-refractivity contribution in [1.82, 2.24) is 0 Å². The van der Waals surface area contributed by atoms with Crippen LogP contribution in [-0.2, 0) is 4.74 Å². The van der Waals surface area contributed by atoms with Crippen LogP contribution in [0, 0.1) is 6.92 Å². The summed E-state index contributed by atoms with van der Waals surface area (Å²) in [6.45, 7) is 1.96. The molecule has 0 saturated heterocycles. The largest absolute Gasteiger partial charge is 0.507 e. The van der Waals surface area contributed by atoms with Crippen LogP contribution in [0.5, 0.6) is 5.75 Å². The van der Waals surface area contributed by atoms with E-state index in [0.29, 0.717) is 22.6 Å². The first-order valence-corrected chi connectivity index (χ1v) is 8.28. The van der Waals surface area contributed by atoms with E-state index in [1.54, 1.807) is 36.4 Å². The maximum absolute atomic E-state index is 12.2. The van der Waals surface area contributed by atoms with Gasteiger partial charge in [-0.05, 0) is 49.4 Å². The summed E-state index contributed by atoms with van der Waals surface area (Å²) in [4.78, 5) is 23.9. The Kier molecular flexibility index (Phi) is 5.22. The monoisotopic (exact) mass is 362 g/mol. The zero-order valence-corrected chi connectivity index (χ0v) is 14.9. The number of benzene rings is 2. The van der Waals surface area contributed by atoms with Gasteiger partial charge in [-0.15, -0.1) is 0 Å². The fourth-order valence-corrected chi connectivity index (χ4v) is 2.53. The highest BCUT2D eigenvalue weighted by Crippen LogP contribution is 2.28. The van der Waals surface area contributed by atoms with E-state index in [1.807, 2.05) is 19.1 Å². The van der Waals surface area contributed by atoms with Gasteiger partial charge >= 0.3 is 5.97 Å². The lowest BCUT2D eigenvalue weighted by atomic mass is 10.1. The van der Waals surface area contributed by atoms with Gasteiger partial charge in [0.15, 0.2) is 5.78 Å². The van der Waals surface area contributed by atoms with E-state index in [1.165, 1.54) is 25.3 Å². The lowest BCUT2D eigenvalue weighted by Crippen LogP contribution is -2.01. The van der Waals surface area contributed by atoms with Crippen LogP contribution in [0.2, 0.25) is 0 Å². The van der Waals surface area contributed by atoms with Crippen molar-refractivity contribution >= 4 is 17.8 Å². The number of phenolic OH excluding ortho intramolecular Hbond substituents is 1. The number of rotatable bonds is 5. The summed E-state index contributed by atoms with van der Waals surface area (Å²) in [5.74, 6) is 0.0805. The number of carbonyl (C=O) groups excluding carboxylic acids is 2. The predicted octanol–water partition coefficient (Wildman–Crippen LogP) is 4.64. The van der Waals surface area contributed by atoms with Crippen LogP contribution in [0.1, 0.15) is 32.0 Å². The fourth-order valence-electron chi connectivity index (χ4n) is 2.53. The summed E-state index contributed by atoms with van der Waals surface area (Å²) in [5, 5.41) is 9.78. The van der Waals surface area contributed by atoms with Gasteiger partial charge in [-0.25, -0.2) is 4.79 Å². The molecule has 0 bridgehead atoms. The second kappa shape index (κ2) is 7.74. The molecule has 0 spiro atoms. The molecular formula is C22H18O5. The summed E-state index contributed by atoms with van der Waals surface area (Å²) in [7, 11) is 1.25. The van der Waals surface area contributed by atoms with Gasteiger partial charge in [0.1, 0.15) is 22.8 Å². The highest BCUT2D eigenvalue weighted by molar-refractivity contribution is 6.06. The van der Waals surface area contributed by atoms with Crippen molar-refractivity contribution in [1.29, 1.82) is 0 Å². The second-order valence-corrected chi connectivity index (χ2v) is 5.99. The molecule has 0 unspecified atom stereocenters. The minimum Gasteiger partial charge on any atom is -0.507 e. The van der Waals surface area contributed by atoms with Crippen molar-refractivity contribution in [2.24, 2.45) is 0 Å². The van der Waals surface area contributed by atoms with Gasteiger partial charge in [-0.3, -0.25) is 4.79 Å². The van der Waals surface area contributed by atoms with Gasteiger partial charge in [-0.2, -0.15) is 0 Å². The number of aryl methyl sites for hydroxylation is 1. The summed E-state index contributed by atoms with van der Waals surface area (Å²) in [6, 6.07) is 15.3. The minimum absolute atomic E-state index is 0.0537. The summed E-state index contributed by atoms with van der Waals surface area (Å²) < 4.78 is 10.4. The molecule has 3 rings (SSSR count). The topological polar surface area (TPSA) is 76.7 Å². The van der Waals surface area contributed by atoms with Gasteiger partial charge in [0, 0.05) is 11.1 Å². The normalized spacial score (nSPS) is 10.9. The summed E-state index contributed by atoms with van der Waals surface area (Å²) in [5.41, 5.74) is 2.35. The molecule has 0 aliphatic rings. The maximum atomic E-state index is 12.2. The molecule has 0 aliphatic heterocycles. The molecule has 1 aromatic heterocycles. The first kappa shape index (κ1) is 18.2. The van der Waals surface area contributed by atoms with E-state index in [-0.39, 0.29) is 17.1 Å². The van der Waals surface area contributed by atoms with Crippen LogP contribution in [-0.4, -0.2) is 24.0 Å². The predicted molar refractivity (Wildman–Crippen MR) is 102 cm³/mol. The third-order valence-corrected chi connectivity index (χ3v) is 4.05. The minimum atomic E-state index is -0.635. The Labute approximate surface area is 156 Å². The Morgan fingerprint density at radius 3 is 2.48 bits per heavy atom. The fraction of sp³-hybridized carbons (Fsp3) is 0.0909. The lowest BCUT2D eigenvalue weighted by Gasteiger charge is -2.04. The molecule has 3 aromatic rings. The number of hydrogen-bond donors (Lipinski definition) is 1. The molecule has 0 fully saturated rings. The van der Waals surface area contributed by atoms with Gasteiger partial charge < -0.3 is 14.3 Å². The SMILES string of the molecule is COC(=O)c1cc(-c2ccc(/C=C/C(=O)c3ccc(C)cc3)o2)ccc1O. The quantitative estimate of drug-likeness (QED) is 0.406. The zero-order valence-electron chi connectivity index (χ0n) is 14.9. The highest BCUT2D eigenvalue weighted by Gasteiger charge is 2.14. The molecule has 2 aromatic carbocycles. The number of hydrogen-bond acceptors (Lipinski definition) is 5. The standard InChI is InChI=1S/C22H18O5/c1-14-3-5-15(6-4-14)19(23)11-8-17-9-12-21(27-17)16-7-10-20(24)18(13-16)22(25)26-2/h3-13,24H,1-2H3/b11-8+. The average molecular weight is 362 g/mol. The van der Waals surface area contributed by atoms with Gasteiger partial charge in [0.25, 0.3) is 0 Å². The number of furan rings is 1. The number of carbonyl (C=O) groups is 2. The second-order valence-electron chi connectivity index (χ2n) is 5.99. The Bertz CT molecular complexity index is 1010. The van der Waals surface area contributed by atoms with Crippen LogP contribution in [0.3, 0.4) is 0 Å². The summed E-state index contributed by atoms with van der Waals surface area (Å²) in [6.07, 6.45) is 3.04. The van der Waals surface area contributed by atoms with Crippen molar-refractivity contribution in [3.05, 3.63) is 83.1 Å².